The van der Waals surface area contributed by atoms with Crippen molar-refractivity contribution in [2.24, 2.45) is 0 Å². The molecule has 0 bridgehead atoms. The number of pyridine rings is 1. The van der Waals surface area contributed by atoms with Gasteiger partial charge < -0.3 is 4.42 Å². The summed E-state index contributed by atoms with van der Waals surface area (Å²) in [6.45, 7) is 2.53. The van der Waals surface area contributed by atoms with E-state index in [0.717, 1.165) is 22.5 Å². The maximum Gasteiger partial charge on any atom is 0.292 e. The van der Waals surface area contributed by atoms with Crippen LogP contribution < -0.4 is 5.01 Å². The summed E-state index contributed by atoms with van der Waals surface area (Å²) in [5, 5.41) is 8.45. The highest BCUT2D eigenvalue weighted by Gasteiger charge is 2.30. The molecule has 1 aliphatic rings. The quantitative estimate of drug-likeness (QED) is 0.688. The van der Waals surface area contributed by atoms with E-state index < -0.39 is 0 Å². The summed E-state index contributed by atoms with van der Waals surface area (Å²) in [6, 6.07) is 5.38. The Morgan fingerprint density at radius 1 is 1.39 bits per heavy atom. The van der Waals surface area contributed by atoms with Gasteiger partial charge in [0.1, 0.15) is 11.4 Å². The third-order valence-electron chi connectivity index (χ3n) is 4.13. The van der Waals surface area contributed by atoms with Gasteiger partial charge in [-0.15, -0.1) is 0 Å². The highest BCUT2D eigenvalue weighted by molar-refractivity contribution is 6.30. The van der Waals surface area contributed by atoms with Crippen LogP contribution >= 0.6 is 11.6 Å². The maximum absolute atomic E-state index is 12.9. The molecule has 0 atom stereocenters. The van der Waals surface area contributed by atoms with Crippen molar-refractivity contribution in [3.05, 3.63) is 52.7 Å². The Bertz CT molecular complexity index is 914. The van der Waals surface area contributed by atoms with Crippen LogP contribution in [0.4, 0.5) is 5.69 Å². The van der Waals surface area contributed by atoms with Crippen LogP contribution in [0.5, 0.6) is 0 Å². The number of anilines is 1. The van der Waals surface area contributed by atoms with E-state index in [9.17, 15) is 4.79 Å². The molecule has 7 heteroatoms. The molecule has 0 aromatic carbocycles. The van der Waals surface area contributed by atoms with Crippen molar-refractivity contribution in [1.82, 2.24) is 14.6 Å². The number of hydrogen-bond donors (Lipinski definition) is 0. The average Bonchev–Trinajstić information content (AvgIpc) is 3.11. The topological polar surface area (TPSA) is 54.0 Å². The van der Waals surface area contributed by atoms with Gasteiger partial charge in [0.2, 0.25) is 0 Å². The second kappa shape index (κ2) is 5.03. The van der Waals surface area contributed by atoms with Gasteiger partial charge in [0.15, 0.2) is 5.69 Å². The van der Waals surface area contributed by atoms with Crippen LogP contribution in [0.25, 0.3) is 5.52 Å². The fourth-order valence-corrected chi connectivity index (χ4v) is 3.17. The number of furan rings is 1. The Hall–Kier alpha value is -2.47. The van der Waals surface area contributed by atoms with Crippen LogP contribution in [0.3, 0.4) is 0 Å². The number of halogens is 1. The van der Waals surface area contributed by atoms with E-state index >= 15 is 0 Å². The SMILES string of the molecule is Cc1coc2c1N(C)N(C(=O)c1cc3ccc(Cl)cn3n1)CC2. The van der Waals surface area contributed by atoms with Gasteiger partial charge in [-0.1, -0.05) is 11.6 Å². The van der Waals surface area contributed by atoms with E-state index in [0.29, 0.717) is 23.7 Å². The first kappa shape index (κ1) is 14.1. The Labute approximate surface area is 137 Å². The third kappa shape index (κ3) is 2.17. The number of amides is 1. The molecule has 1 amide bonds. The van der Waals surface area contributed by atoms with E-state index in [1.165, 1.54) is 0 Å². The van der Waals surface area contributed by atoms with Gasteiger partial charge in [-0.2, -0.15) is 5.10 Å². The first-order valence-corrected chi connectivity index (χ1v) is 7.70. The minimum Gasteiger partial charge on any atom is -0.467 e. The molecule has 23 heavy (non-hydrogen) atoms. The van der Waals surface area contributed by atoms with E-state index in [2.05, 4.69) is 5.10 Å². The van der Waals surface area contributed by atoms with Gasteiger partial charge >= 0.3 is 0 Å². The normalized spacial score (nSPS) is 14.4. The second-order valence-corrected chi connectivity index (χ2v) is 6.08. The molecular formula is C16H15ClN4O2. The largest absolute Gasteiger partial charge is 0.467 e. The Kier molecular flexibility index (Phi) is 3.09. The van der Waals surface area contributed by atoms with Crippen LogP contribution in [0.2, 0.25) is 5.02 Å². The summed E-state index contributed by atoms with van der Waals surface area (Å²) < 4.78 is 7.16. The van der Waals surface area contributed by atoms with Gasteiger partial charge in [0, 0.05) is 25.2 Å². The molecular weight excluding hydrogens is 316 g/mol. The first-order chi connectivity index (χ1) is 11.0. The van der Waals surface area contributed by atoms with Crippen molar-refractivity contribution in [1.29, 1.82) is 0 Å². The van der Waals surface area contributed by atoms with Crippen LogP contribution in [0.15, 0.2) is 35.1 Å². The number of hydrogen-bond acceptors (Lipinski definition) is 4. The number of hydrazine groups is 1. The van der Waals surface area contributed by atoms with Gasteiger partial charge in [0.25, 0.3) is 5.91 Å². The van der Waals surface area contributed by atoms with Crippen molar-refractivity contribution in [3.8, 4) is 0 Å². The number of fused-ring (bicyclic) bond motifs is 2. The monoisotopic (exact) mass is 330 g/mol. The van der Waals surface area contributed by atoms with Crippen LogP contribution in [0, 0.1) is 6.92 Å². The molecule has 0 N–H and O–H groups in total. The Morgan fingerprint density at radius 3 is 3.04 bits per heavy atom. The lowest BCUT2D eigenvalue weighted by atomic mass is 10.2. The molecule has 0 radical (unpaired) electrons. The van der Waals surface area contributed by atoms with E-state index in [1.54, 1.807) is 34.1 Å². The lowest BCUT2D eigenvalue weighted by Crippen LogP contribution is -2.48. The number of carbonyl (C=O) groups excluding carboxylic acids is 1. The lowest BCUT2D eigenvalue weighted by Gasteiger charge is -2.36. The molecule has 0 spiro atoms. The molecule has 4 heterocycles. The highest BCUT2D eigenvalue weighted by Crippen LogP contribution is 2.32. The van der Waals surface area contributed by atoms with Crippen molar-refractivity contribution < 1.29 is 9.21 Å². The summed E-state index contributed by atoms with van der Waals surface area (Å²) in [6.07, 6.45) is 4.10. The molecule has 0 fully saturated rings. The van der Waals surface area contributed by atoms with Crippen LogP contribution in [-0.4, -0.2) is 34.1 Å². The predicted octanol–water partition coefficient (Wildman–Crippen LogP) is 2.94. The number of nitrogens with zero attached hydrogens (tertiary/aromatic N) is 4. The molecule has 1 aliphatic heterocycles. The average molecular weight is 331 g/mol. The molecule has 0 saturated heterocycles. The van der Waals surface area contributed by atoms with Gasteiger partial charge in [-0.05, 0) is 25.1 Å². The lowest BCUT2D eigenvalue weighted by molar-refractivity contribution is 0.0728. The van der Waals surface area contributed by atoms with Crippen molar-refractivity contribution in [3.63, 3.8) is 0 Å². The first-order valence-electron chi connectivity index (χ1n) is 7.32. The minimum atomic E-state index is -0.140. The fraction of sp³-hybridized carbons (Fsp3) is 0.250. The van der Waals surface area contributed by atoms with E-state index in [-0.39, 0.29) is 5.91 Å². The predicted molar refractivity (Wildman–Crippen MR) is 86.8 cm³/mol. The van der Waals surface area contributed by atoms with Crippen LogP contribution in [-0.2, 0) is 6.42 Å². The smallest absolute Gasteiger partial charge is 0.292 e. The minimum absolute atomic E-state index is 0.140. The fourth-order valence-electron chi connectivity index (χ4n) is 3.02. The zero-order valence-electron chi connectivity index (χ0n) is 12.8. The van der Waals surface area contributed by atoms with Crippen molar-refractivity contribution in [2.75, 3.05) is 18.6 Å². The standard InChI is InChI=1S/C16H15ClN4O2/c1-10-9-23-14-5-6-21(19(2)15(10)14)16(22)13-7-12-4-3-11(17)8-20(12)18-13/h3-4,7-9H,5-6H2,1-2H3. The molecule has 3 aromatic rings. The number of carbonyl (C=O) groups is 1. The number of aryl methyl sites for hydroxylation is 1. The van der Waals surface area contributed by atoms with Gasteiger partial charge in [0.05, 0.1) is 23.3 Å². The van der Waals surface area contributed by atoms with E-state index in [1.807, 2.05) is 25.0 Å². The molecule has 0 aliphatic carbocycles. The van der Waals surface area contributed by atoms with Gasteiger partial charge in [-0.3, -0.25) is 9.80 Å². The highest BCUT2D eigenvalue weighted by atomic mass is 35.5. The summed E-state index contributed by atoms with van der Waals surface area (Å²) in [5.74, 6) is 0.773. The summed E-state index contributed by atoms with van der Waals surface area (Å²) in [5.41, 5.74) is 3.19. The zero-order valence-corrected chi connectivity index (χ0v) is 13.5. The van der Waals surface area contributed by atoms with Gasteiger partial charge in [-0.25, -0.2) is 9.52 Å². The number of aromatic nitrogens is 2. The van der Waals surface area contributed by atoms with Crippen molar-refractivity contribution >= 4 is 28.7 Å². The van der Waals surface area contributed by atoms with E-state index in [4.69, 9.17) is 16.0 Å². The molecule has 4 rings (SSSR count). The van der Waals surface area contributed by atoms with Crippen molar-refractivity contribution in [2.45, 2.75) is 13.3 Å². The number of rotatable bonds is 1. The summed E-state index contributed by atoms with van der Waals surface area (Å²) in [4.78, 5) is 12.9. The van der Waals surface area contributed by atoms with Crippen LogP contribution in [0.1, 0.15) is 21.8 Å². The molecule has 118 valence electrons. The summed E-state index contributed by atoms with van der Waals surface area (Å²) in [7, 11) is 1.87. The Balaban J connectivity index is 1.69. The molecule has 0 unspecified atom stereocenters. The summed E-state index contributed by atoms with van der Waals surface area (Å²) >= 11 is 5.97. The zero-order chi connectivity index (χ0) is 16.1. The second-order valence-electron chi connectivity index (χ2n) is 5.64. The third-order valence-corrected chi connectivity index (χ3v) is 4.35. The molecule has 0 saturated carbocycles. The molecule has 3 aromatic heterocycles. The maximum atomic E-state index is 12.9. The molecule has 6 nitrogen and oxygen atoms in total. The Morgan fingerprint density at radius 2 is 2.22 bits per heavy atom.